The van der Waals surface area contributed by atoms with Crippen LogP contribution < -0.4 is 0 Å². The summed E-state index contributed by atoms with van der Waals surface area (Å²) in [5, 5.41) is 4.31. The quantitative estimate of drug-likeness (QED) is 0.247. The molecule has 2 aromatic heterocycles. The van der Waals surface area contributed by atoms with E-state index >= 15 is 0 Å². The molecular formula is C28H31N3S. The highest BCUT2D eigenvalue weighted by atomic mass is 32.1. The Morgan fingerprint density at radius 2 is 1.75 bits per heavy atom. The van der Waals surface area contributed by atoms with E-state index in [2.05, 4.69) is 112 Å². The minimum Gasteiger partial charge on any atom is -0.327 e. The van der Waals surface area contributed by atoms with E-state index in [0.717, 1.165) is 38.4 Å². The molecule has 0 fully saturated rings. The van der Waals surface area contributed by atoms with Crippen LogP contribution in [0.2, 0.25) is 0 Å². The summed E-state index contributed by atoms with van der Waals surface area (Å²) in [6, 6.07) is 23.4. The lowest BCUT2D eigenvalue weighted by Gasteiger charge is -2.22. The molecular weight excluding hydrogens is 410 g/mol. The molecule has 0 N–H and O–H groups in total. The van der Waals surface area contributed by atoms with Crippen molar-refractivity contribution >= 4 is 17.4 Å². The standard InChI is InChI=1S/C28H31N3S/c1-2-3-18-31-27(20-29-28(31)26-14-8-5-9-15-26)22-30(21-24-11-6-4-7-12-24)17-10-13-25-16-19-32-23-25/h4-16,19-20,23H,2-3,17-18,21-22H2,1H3/b13-10-. The van der Waals surface area contributed by atoms with Crippen LogP contribution in [-0.2, 0) is 19.6 Å². The van der Waals surface area contributed by atoms with Crippen molar-refractivity contribution in [2.24, 2.45) is 0 Å². The summed E-state index contributed by atoms with van der Waals surface area (Å²) >= 11 is 1.74. The summed E-state index contributed by atoms with van der Waals surface area (Å²) in [7, 11) is 0. The minimum absolute atomic E-state index is 0.867. The molecule has 4 heteroatoms. The normalized spacial score (nSPS) is 11.6. The Morgan fingerprint density at radius 1 is 0.969 bits per heavy atom. The lowest BCUT2D eigenvalue weighted by Crippen LogP contribution is -2.24. The second-order valence-corrected chi connectivity index (χ2v) is 8.84. The maximum atomic E-state index is 4.84. The number of benzene rings is 2. The van der Waals surface area contributed by atoms with Crippen LogP contribution in [0, 0.1) is 0 Å². The maximum Gasteiger partial charge on any atom is 0.140 e. The number of aromatic nitrogens is 2. The van der Waals surface area contributed by atoms with Gasteiger partial charge in [-0.25, -0.2) is 4.98 Å². The molecule has 0 aliphatic carbocycles. The number of hydrogen-bond acceptors (Lipinski definition) is 3. The molecule has 3 nitrogen and oxygen atoms in total. The first kappa shape index (κ1) is 22.3. The van der Waals surface area contributed by atoms with Gasteiger partial charge in [-0.05, 0) is 34.4 Å². The first-order valence-corrected chi connectivity index (χ1v) is 12.3. The Labute approximate surface area is 195 Å². The highest BCUT2D eigenvalue weighted by molar-refractivity contribution is 7.08. The van der Waals surface area contributed by atoms with Gasteiger partial charge in [-0.3, -0.25) is 4.90 Å². The zero-order chi connectivity index (χ0) is 22.0. The molecule has 0 radical (unpaired) electrons. The smallest absolute Gasteiger partial charge is 0.140 e. The average Bonchev–Trinajstić information content (AvgIpc) is 3.49. The van der Waals surface area contributed by atoms with Crippen molar-refractivity contribution in [2.75, 3.05) is 6.54 Å². The Kier molecular flexibility index (Phi) is 8.07. The van der Waals surface area contributed by atoms with Gasteiger partial charge in [0, 0.05) is 31.7 Å². The predicted octanol–water partition coefficient (Wildman–Crippen LogP) is 7.13. The van der Waals surface area contributed by atoms with Gasteiger partial charge in [-0.2, -0.15) is 11.3 Å². The van der Waals surface area contributed by atoms with Crippen LogP contribution in [0.25, 0.3) is 17.5 Å². The van der Waals surface area contributed by atoms with Crippen molar-refractivity contribution in [3.05, 3.63) is 107 Å². The van der Waals surface area contributed by atoms with E-state index in [0.29, 0.717) is 0 Å². The van der Waals surface area contributed by atoms with Crippen molar-refractivity contribution in [1.82, 2.24) is 14.5 Å². The summed E-state index contributed by atoms with van der Waals surface area (Å²) in [5.41, 5.74) is 5.06. The molecule has 0 saturated heterocycles. The van der Waals surface area contributed by atoms with Gasteiger partial charge in [0.1, 0.15) is 5.82 Å². The van der Waals surface area contributed by atoms with Crippen LogP contribution in [0.3, 0.4) is 0 Å². The second-order valence-electron chi connectivity index (χ2n) is 8.06. The van der Waals surface area contributed by atoms with Gasteiger partial charge in [0.15, 0.2) is 0 Å². The Balaban J connectivity index is 1.57. The van der Waals surface area contributed by atoms with Gasteiger partial charge in [0.2, 0.25) is 0 Å². The minimum atomic E-state index is 0.867. The van der Waals surface area contributed by atoms with E-state index in [-0.39, 0.29) is 0 Å². The monoisotopic (exact) mass is 441 g/mol. The number of imidazole rings is 1. The fraction of sp³-hybridized carbons (Fsp3) is 0.250. The van der Waals surface area contributed by atoms with E-state index in [1.807, 2.05) is 0 Å². The lowest BCUT2D eigenvalue weighted by molar-refractivity contribution is 0.278. The molecule has 32 heavy (non-hydrogen) atoms. The van der Waals surface area contributed by atoms with Gasteiger partial charge >= 0.3 is 0 Å². The van der Waals surface area contributed by atoms with Crippen molar-refractivity contribution in [3.63, 3.8) is 0 Å². The molecule has 0 atom stereocenters. The molecule has 0 spiro atoms. The van der Waals surface area contributed by atoms with Gasteiger partial charge in [0.25, 0.3) is 0 Å². The Morgan fingerprint density at radius 3 is 2.47 bits per heavy atom. The largest absolute Gasteiger partial charge is 0.327 e. The number of rotatable bonds is 11. The molecule has 0 saturated carbocycles. The Bertz CT molecular complexity index is 1080. The van der Waals surface area contributed by atoms with Crippen molar-refractivity contribution in [3.8, 4) is 11.4 Å². The molecule has 0 unspecified atom stereocenters. The van der Waals surface area contributed by atoms with Crippen LogP contribution in [0.5, 0.6) is 0 Å². The van der Waals surface area contributed by atoms with E-state index in [1.165, 1.54) is 28.8 Å². The molecule has 2 heterocycles. The van der Waals surface area contributed by atoms with Crippen LogP contribution in [0.4, 0.5) is 0 Å². The third-order valence-electron chi connectivity index (χ3n) is 5.56. The number of hydrogen-bond donors (Lipinski definition) is 0. The van der Waals surface area contributed by atoms with Crippen LogP contribution in [0.15, 0.2) is 89.8 Å². The highest BCUT2D eigenvalue weighted by Crippen LogP contribution is 2.22. The van der Waals surface area contributed by atoms with Crippen molar-refractivity contribution < 1.29 is 0 Å². The summed E-state index contributed by atoms with van der Waals surface area (Å²) in [6.07, 6.45) is 8.88. The first-order valence-electron chi connectivity index (χ1n) is 11.4. The second kappa shape index (κ2) is 11.6. The van der Waals surface area contributed by atoms with Crippen molar-refractivity contribution in [1.29, 1.82) is 0 Å². The fourth-order valence-corrected chi connectivity index (χ4v) is 4.51. The average molecular weight is 442 g/mol. The van der Waals surface area contributed by atoms with Crippen LogP contribution >= 0.6 is 11.3 Å². The lowest BCUT2D eigenvalue weighted by atomic mass is 10.2. The van der Waals surface area contributed by atoms with E-state index in [9.17, 15) is 0 Å². The van der Waals surface area contributed by atoms with E-state index in [1.54, 1.807) is 11.3 Å². The maximum absolute atomic E-state index is 4.84. The van der Waals surface area contributed by atoms with Gasteiger partial charge in [-0.15, -0.1) is 0 Å². The highest BCUT2D eigenvalue weighted by Gasteiger charge is 2.15. The molecule has 0 aliphatic rings. The van der Waals surface area contributed by atoms with Gasteiger partial charge in [0.05, 0.1) is 11.9 Å². The summed E-state index contributed by atoms with van der Waals surface area (Å²) in [4.78, 5) is 7.33. The van der Waals surface area contributed by atoms with Crippen LogP contribution in [-0.4, -0.2) is 21.0 Å². The first-order chi connectivity index (χ1) is 15.8. The zero-order valence-corrected chi connectivity index (χ0v) is 19.5. The van der Waals surface area contributed by atoms with Crippen molar-refractivity contribution in [2.45, 2.75) is 39.4 Å². The molecule has 4 rings (SSSR count). The van der Waals surface area contributed by atoms with Gasteiger partial charge < -0.3 is 4.57 Å². The third kappa shape index (κ3) is 6.06. The number of unbranched alkanes of at least 4 members (excludes halogenated alkanes) is 1. The summed E-state index contributed by atoms with van der Waals surface area (Å²) < 4.78 is 2.42. The molecule has 2 aromatic carbocycles. The van der Waals surface area contributed by atoms with Gasteiger partial charge in [-0.1, -0.05) is 86.2 Å². The third-order valence-corrected chi connectivity index (χ3v) is 6.26. The zero-order valence-electron chi connectivity index (χ0n) is 18.7. The molecule has 0 bridgehead atoms. The fourth-order valence-electron chi connectivity index (χ4n) is 3.88. The number of thiophene rings is 1. The summed E-state index contributed by atoms with van der Waals surface area (Å²) in [5.74, 6) is 1.07. The molecule has 164 valence electrons. The predicted molar refractivity (Wildman–Crippen MR) is 136 cm³/mol. The molecule has 4 aromatic rings. The topological polar surface area (TPSA) is 21.1 Å². The van der Waals surface area contributed by atoms with E-state index < -0.39 is 0 Å². The summed E-state index contributed by atoms with van der Waals surface area (Å²) in [6.45, 7) is 5.92. The molecule has 0 aliphatic heterocycles. The van der Waals surface area contributed by atoms with Crippen LogP contribution in [0.1, 0.15) is 36.6 Å². The SMILES string of the molecule is CCCCn1c(CN(C/C=C\c2ccsc2)Cc2ccccc2)cnc1-c1ccccc1. The van der Waals surface area contributed by atoms with E-state index in [4.69, 9.17) is 4.98 Å². The molecule has 0 amide bonds. The Hall–Kier alpha value is -2.95. The number of nitrogens with zero attached hydrogens (tertiary/aromatic N) is 3.